The van der Waals surface area contributed by atoms with E-state index in [2.05, 4.69) is 34.7 Å². The van der Waals surface area contributed by atoms with Crippen molar-refractivity contribution in [2.75, 3.05) is 33.3 Å². The van der Waals surface area contributed by atoms with Gasteiger partial charge >= 0.3 is 0 Å². The SMILES string of the molecule is CCCCCCCCCCCCCCOC(C[N+](C)(CCCC)CCCC)C(=O)CCCCCCCCCCC.[Cl-]. The molecule has 0 aromatic rings. The number of hydrogen-bond acceptors (Lipinski definition) is 2. The van der Waals surface area contributed by atoms with Crippen molar-refractivity contribution in [1.29, 1.82) is 0 Å². The molecule has 0 saturated heterocycles. The van der Waals surface area contributed by atoms with Gasteiger partial charge in [0.15, 0.2) is 11.9 Å². The van der Waals surface area contributed by atoms with Crippen LogP contribution in [0.15, 0.2) is 0 Å². The minimum Gasteiger partial charge on any atom is -1.00 e. The van der Waals surface area contributed by atoms with Gasteiger partial charge < -0.3 is 21.6 Å². The summed E-state index contributed by atoms with van der Waals surface area (Å²) in [6.45, 7) is 13.1. The number of Topliss-reactive ketones (excluding diaryl/α,β-unsaturated/α-hetero) is 1. The predicted molar refractivity (Wildman–Crippen MR) is 178 cm³/mol. The summed E-state index contributed by atoms with van der Waals surface area (Å²) in [6, 6.07) is 0. The van der Waals surface area contributed by atoms with Crippen LogP contribution in [0.3, 0.4) is 0 Å². The first kappa shape index (κ1) is 43.0. The smallest absolute Gasteiger partial charge is 0.167 e. The number of halogens is 1. The summed E-state index contributed by atoms with van der Waals surface area (Å²) in [5.41, 5.74) is 0. The molecule has 0 rings (SSSR count). The zero-order valence-corrected chi connectivity index (χ0v) is 29.7. The summed E-state index contributed by atoms with van der Waals surface area (Å²) < 4.78 is 7.41. The molecule has 0 spiro atoms. The number of likely N-dealkylation sites (N-methyl/N-ethyl adjacent to an activating group) is 1. The third-order valence-corrected chi connectivity index (χ3v) is 8.91. The molecule has 0 N–H and O–H groups in total. The Morgan fingerprint density at radius 1 is 0.512 bits per heavy atom. The molecule has 3 nitrogen and oxygen atoms in total. The Balaban J connectivity index is 0. The lowest BCUT2D eigenvalue weighted by Gasteiger charge is -2.37. The summed E-state index contributed by atoms with van der Waals surface area (Å²) in [5, 5.41) is 0. The molecule has 41 heavy (non-hydrogen) atoms. The third-order valence-electron chi connectivity index (χ3n) is 8.91. The van der Waals surface area contributed by atoms with Crippen LogP contribution in [0.2, 0.25) is 0 Å². The van der Waals surface area contributed by atoms with Crippen molar-refractivity contribution >= 4 is 5.78 Å². The number of ether oxygens (including phenoxy) is 1. The van der Waals surface area contributed by atoms with Crippen molar-refractivity contribution in [3.63, 3.8) is 0 Å². The van der Waals surface area contributed by atoms with E-state index in [1.54, 1.807) is 0 Å². The first-order valence-corrected chi connectivity index (χ1v) is 18.5. The Labute approximate surface area is 265 Å². The number of carbonyl (C=O) groups excluding carboxylic acids is 1. The molecular formula is C37H76ClNO2. The topological polar surface area (TPSA) is 26.3 Å². The number of carbonyl (C=O) groups is 1. The Morgan fingerprint density at radius 2 is 0.854 bits per heavy atom. The normalized spacial score (nSPS) is 12.4. The Hall–Kier alpha value is -0.120. The molecule has 1 unspecified atom stereocenters. The third kappa shape index (κ3) is 28.4. The highest BCUT2D eigenvalue weighted by molar-refractivity contribution is 5.83. The molecule has 248 valence electrons. The second kappa shape index (κ2) is 32.8. The van der Waals surface area contributed by atoms with Crippen LogP contribution in [0.25, 0.3) is 0 Å². The molecule has 0 aliphatic heterocycles. The molecular weight excluding hydrogens is 526 g/mol. The lowest BCUT2D eigenvalue weighted by atomic mass is 10.0. The van der Waals surface area contributed by atoms with Crippen LogP contribution in [-0.2, 0) is 9.53 Å². The molecule has 1 atom stereocenters. The average molecular weight is 602 g/mol. The maximum absolute atomic E-state index is 13.4. The fourth-order valence-corrected chi connectivity index (χ4v) is 5.96. The van der Waals surface area contributed by atoms with Gasteiger partial charge in [-0.25, -0.2) is 0 Å². The Bertz CT molecular complexity index is 519. The number of unbranched alkanes of at least 4 members (excludes halogenated alkanes) is 21. The minimum atomic E-state index is -0.208. The molecule has 0 heterocycles. The fraction of sp³-hybridized carbons (Fsp3) is 0.973. The van der Waals surface area contributed by atoms with Gasteiger partial charge in [-0.1, -0.05) is 163 Å². The molecule has 0 aromatic heterocycles. The maximum Gasteiger partial charge on any atom is 0.167 e. The van der Waals surface area contributed by atoms with E-state index in [1.807, 2.05) is 0 Å². The molecule has 0 aliphatic rings. The number of rotatable bonds is 33. The number of hydrogen-bond donors (Lipinski definition) is 0. The highest BCUT2D eigenvalue weighted by atomic mass is 35.5. The zero-order valence-electron chi connectivity index (χ0n) is 28.9. The first-order valence-electron chi connectivity index (χ1n) is 18.5. The van der Waals surface area contributed by atoms with Gasteiger partial charge in [-0.05, 0) is 25.7 Å². The van der Waals surface area contributed by atoms with Crippen molar-refractivity contribution in [3.05, 3.63) is 0 Å². The van der Waals surface area contributed by atoms with Crippen molar-refractivity contribution in [2.24, 2.45) is 0 Å². The van der Waals surface area contributed by atoms with Gasteiger partial charge in [0.1, 0.15) is 6.54 Å². The van der Waals surface area contributed by atoms with Gasteiger partial charge in [0.05, 0.1) is 20.1 Å². The standard InChI is InChI=1S/C37H76NO2.ClH/c1-6-10-14-16-18-20-21-22-24-26-28-30-34-40-37(35-38(5,32-12-8-3)33-13-9-4)36(39)31-29-27-25-23-19-17-15-11-7-2;/h37H,6-35H2,1-5H3;1H/q+1;/p-1. The van der Waals surface area contributed by atoms with E-state index in [0.29, 0.717) is 12.2 Å². The second-order valence-corrected chi connectivity index (χ2v) is 13.2. The zero-order chi connectivity index (χ0) is 29.6. The minimum absolute atomic E-state index is 0. The van der Waals surface area contributed by atoms with Crippen LogP contribution >= 0.6 is 0 Å². The van der Waals surface area contributed by atoms with Crippen molar-refractivity contribution in [3.8, 4) is 0 Å². The van der Waals surface area contributed by atoms with Crippen LogP contribution < -0.4 is 12.4 Å². The summed E-state index contributed by atoms with van der Waals surface area (Å²) in [5.74, 6) is 0.374. The summed E-state index contributed by atoms with van der Waals surface area (Å²) in [6.07, 6.45) is 33.4. The summed E-state index contributed by atoms with van der Waals surface area (Å²) >= 11 is 0. The lowest BCUT2D eigenvalue weighted by molar-refractivity contribution is -0.912. The molecule has 0 fully saturated rings. The van der Waals surface area contributed by atoms with Crippen molar-refractivity contribution < 1.29 is 26.4 Å². The van der Waals surface area contributed by atoms with Gasteiger partial charge in [0.2, 0.25) is 0 Å². The van der Waals surface area contributed by atoms with Crippen LogP contribution in [-0.4, -0.2) is 49.7 Å². The lowest BCUT2D eigenvalue weighted by Crippen LogP contribution is -3.00. The molecule has 0 aromatic carbocycles. The highest BCUT2D eigenvalue weighted by Gasteiger charge is 2.30. The van der Waals surface area contributed by atoms with E-state index >= 15 is 0 Å². The maximum atomic E-state index is 13.4. The number of ketones is 1. The van der Waals surface area contributed by atoms with Gasteiger partial charge in [0.25, 0.3) is 0 Å². The Kier molecular flexibility index (Phi) is 34.4. The second-order valence-electron chi connectivity index (χ2n) is 13.2. The van der Waals surface area contributed by atoms with E-state index in [9.17, 15) is 4.79 Å². The fourth-order valence-electron chi connectivity index (χ4n) is 5.96. The highest BCUT2D eigenvalue weighted by Crippen LogP contribution is 2.17. The van der Waals surface area contributed by atoms with Crippen LogP contribution in [0.1, 0.15) is 195 Å². The van der Waals surface area contributed by atoms with E-state index < -0.39 is 0 Å². The molecule has 0 aliphatic carbocycles. The Morgan fingerprint density at radius 3 is 1.24 bits per heavy atom. The van der Waals surface area contributed by atoms with Gasteiger partial charge in [0, 0.05) is 13.0 Å². The van der Waals surface area contributed by atoms with Crippen molar-refractivity contribution in [1.82, 2.24) is 0 Å². The molecule has 0 saturated carbocycles. The van der Waals surface area contributed by atoms with Gasteiger partial charge in [-0.15, -0.1) is 0 Å². The summed E-state index contributed by atoms with van der Waals surface area (Å²) in [4.78, 5) is 13.4. The quantitative estimate of drug-likeness (QED) is 0.0556. The molecule has 0 amide bonds. The number of nitrogens with zero attached hydrogens (tertiary/aromatic N) is 1. The van der Waals surface area contributed by atoms with Crippen LogP contribution in [0.5, 0.6) is 0 Å². The monoisotopic (exact) mass is 602 g/mol. The van der Waals surface area contributed by atoms with Crippen LogP contribution in [0.4, 0.5) is 0 Å². The largest absolute Gasteiger partial charge is 1.00 e. The van der Waals surface area contributed by atoms with E-state index in [-0.39, 0.29) is 18.5 Å². The van der Waals surface area contributed by atoms with E-state index in [4.69, 9.17) is 4.74 Å². The summed E-state index contributed by atoms with van der Waals surface area (Å²) in [7, 11) is 2.37. The predicted octanol–water partition coefficient (Wildman–Crippen LogP) is 8.61. The van der Waals surface area contributed by atoms with Gasteiger partial charge in [-0.2, -0.15) is 0 Å². The van der Waals surface area contributed by atoms with Crippen molar-refractivity contribution in [2.45, 2.75) is 201 Å². The van der Waals surface area contributed by atoms with Crippen LogP contribution in [0, 0.1) is 0 Å². The molecule has 4 heteroatoms. The average Bonchev–Trinajstić information content (AvgIpc) is 2.96. The van der Waals surface area contributed by atoms with E-state index in [0.717, 1.165) is 30.5 Å². The van der Waals surface area contributed by atoms with E-state index in [1.165, 1.54) is 161 Å². The molecule has 0 radical (unpaired) electrons. The number of quaternary nitrogens is 1. The first-order chi connectivity index (χ1) is 19.5. The molecule has 0 bridgehead atoms. The van der Waals surface area contributed by atoms with Gasteiger partial charge in [-0.3, -0.25) is 4.79 Å².